The monoisotopic (exact) mass is 432 g/mol. The number of halogens is 3. The lowest BCUT2D eigenvalue weighted by atomic mass is 10.2. The van der Waals surface area contributed by atoms with Gasteiger partial charge in [-0.1, -0.05) is 6.92 Å². The summed E-state index contributed by atoms with van der Waals surface area (Å²) in [5, 5.41) is 6.75. The molecule has 162 valence electrons. The second kappa shape index (κ2) is 8.99. The topological polar surface area (TPSA) is 86.1 Å². The average Bonchev–Trinajstić information content (AvgIpc) is 3.13. The van der Waals surface area contributed by atoms with Crippen molar-refractivity contribution in [1.82, 2.24) is 14.8 Å². The molecule has 0 bridgehead atoms. The zero-order chi connectivity index (χ0) is 22.6. The minimum absolute atomic E-state index is 0.152. The first-order valence-corrected chi connectivity index (χ1v) is 9.37. The number of nitrogens with one attached hydrogen (secondary N) is 1. The van der Waals surface area contributed by atoms with Crippen LogP contribution in [0.1, 0.15) is 45.3 Å². The Kier molecular flexibility index (Phi) is 6.38. The van der Waals surface area contributed by atoms with Gasteiger partial charge in [0.15, 0.2) is 5.82 Å². The fourth-order valence-corrected chi connectivity index (χ4v) is 2.71. The number of hydrogen-bond acceptors (Lipinski definition) is 5. The van der Waals surface area contributed by atoms with E-state index in [0.717, 1.165) is 12.5 Å². The van der Waals surface area contributed by atoms with Crippen LogP contribution in [0.5, 0.6) is 0 Å². The summed E-state index contributed by atoms with van der Waals surface area (Å²) in [6, 6.07) is 8.29. The van der Waals surface area contributed by atoms with E-state index < -0.39 is 23.6 Å². The number of carbonyl (C=O) groups is 2. The number of anilines is 1. The Morgan fingerprint density at radius 1 is 1.10 bits per heavy atom. The second-order valence-corrected chi connectivity index (χ2v) is 6.63. The molecule has 1 N–H and O–H groups in total. The molecule has 0 atom stereocenters. The van der Waals surface area contributed by atoms with E-state index in [1.54, 1.807) is 19.1 Å². The minimum Gasteiger partial charge on any atom is -0.462 e. The largest absolute Gasteiger partial charge is 0.462 e. The molecular weight excluding hydrogens is 413 g/mol. The number of benzene rings is 1. The Morgan fingerprint density at radius 2 is 1.81 bits per heavy atom. The zero-order valence-electron chi connectivity index (χ0n) is 16.7. The van der Waals surface area contributed by atoms with E-state index in [4.69, 9.17) is 4.74 Å². The van der Waals surface area contributed by atoms with Gasteiger partial charge in [-0.05, 0) is 49.7 Å². The van der Waals surface area contributed by atoms with Gasteiger partial charge in [0.05, 0.1) is 35.2 Å². The third-order valence-electron chi connectivity index (χ3n) is 4.36. The molecule has 0 radical (unpaired) electrons. The highest BCUT2D eigenvalue weighted by molar-refractivity contribution is 6.05. The predicted molar refractivity (Wildman–Crippen MR) is 106 cm³/mol. The fourth-order valence-electron chi connectivity index (χ4n) is 2.71. The van der Waals surface area contributed by atoms with Gasteiger partial charge in [0, 0.05) is 11.9 Å². The summed E-state index contributed by atoms with van der Waals surface area (Å²) in [7, 11) is 0. The average molecular weight is 432 g/mol. The molecule has 0 unspecified atom stereocenters. The van der Waals surface area contributed by atoms with Gasteiger partial charge in [-0.25, -0.2) is 14.5 Å². The molecule has 0 fully saturated rings. The van der Waals surface area contributed by atoms with Crippen LogP contribution in [-0.4, -0.2) is 33.2 Å². The van der Waals surface area contributed by atoms with Crippen LogP contribution < -0.4 is 5.32 Å². The molecule has 1 aromatic carbocycles. The molecule has 31 heavy (non-hydrogen) atoms. The van der Waals surface area contributed by atoms with Crippen molar-refractivity contribution < 1.29 is 27.5 Å². The van der Waals surface area contributed by atoms with Gasteiger partial charge in [-0.2, -0.15) is 18.3 Å². The Bertz CT molecular complexity index is 1070. The standard InChI is InChI=1S/C21H19F3N4O3/c1-3-10-31-20(30)14-4-7-16(8-5-14)27-19(29)17-12-26-28(13(17)2)18-9-6-15(11-25-18)21(22,23)24/h4-9,11-12H,3,10H2,1-2H3,(H,27,29). The van der Waals surface area contributed by atoms with Crippen LogP contribution in [0.2, 0.25) is 0 Å². The molecule has 0 saturated heterocycles. The Balaban J connectivity index is 1.72. The van der Waals surface area contributed by atoms with Gasteiger partial charge in [0.1, 0.15) is 0 Å². The SMILES string of the molecule is CCCOC(=O)c1ccc(NC(=O)c2cnn(-c3ccc(C(F)(F)F)cn3)c2C)cc1. The minimum atomic E-state index is -4.49. The second-order valence-electron chi connectivity index (χ2n) is 6.63. The van der Waals surface area contributed by atoms with Crippen molar-refractivity contribution in [3.05, 3.63) is 71.2 Å². The summed E-state index contributed by atoms with van der Waals surface area (Å²) in [6.07, 6.45) is -1.75. The summed E-state index contributed by atoms with van der Waals surface area (Å²) < 4.78 is 44.4. The number of nitrogens with zero attached hydrogens (tertiary/aromatic N) is 3. The first kappa shape index (κ1) is 22.0. The molecule has 3 rings (SSSR count). The van der Waals surface area contributed by atoms with Crippen LogP contribution in [0.4, 0.5) is 18.9 Å². The van der Waals surface area contributed by atoms with Gasteiger partial charge in [-0.3, -0.25) is 4.79 Å². The molecule has 0 saturated carbocycles. The van der Waals surface area contributed by atoms with Crippen LogP contribution in [0.15, 0.2) is 48.8 Å². The number of ether oxygens (including phenoxy) is 1. The number of alkyl halides is 3. The lowest BCUT2D eigenvalue weighted by Gasteiger charge is -2.09. The van der Waals surface area contributed by atoms with Crippen molar-refractivity contribution in [1.29, 1.82) is 0 Å². The number of hydrogen-bond donors (Lipinski definition) is 1. The molecule has 3 aromatic rings. The molecule has 2 aromatic heterocycles. The zero-order valence-corrected chi connectivity index (χ0v) is 16.7. The number of aromatic nitrogens is 3. The number of esters is 1. The molecule has 7 nitrogen and oxygen atoms in total. The van der Waals surface area contributed by atoms with E-state index in [1.165, 1.54) is 29.1 Å². The lowest BCUT2D eigenvalue weighted by molar-refractivity contribution is -0.137. The maximum absolute atomic E-state index is 12.7. The normalized spacial score (nSPS) is 11.3. The maximum Gasteiger partial charge on any atom is 0.417 e. The summed E-state index contributed by atoms with van der Waals surface area (Å²) in [5.41, 5.74) is 0.583. The fraction of sp³-hybridized carbons (Fsp3) is 0.238. The quantitative estimate of drug-likeness (QED) is 0.583. The van der Waals surface area contributed by atoms with Crippen molar-refractivity contribution in [3.8, 4) is 5.82 Å². The van der Waals surface area contributed by atoms with E-state index in [-0.39, 0.29) is 11.4 Å². The highest BCUT2D eigenvalue weighted by Gasteiger charge is 2.30. The maximum atomic E-state index is 12.7. The third kappa shape index (κ3) is 5.08. The highest BCUT2D eigenvalue weighted by Crippen LogP contribution is 2.29. The van der Waals surface area contributed by atoms with Crippen LogP contribution in [0, 0.1) is 6.92 Å². The Labute approximate surface area is 175 Å². The summed E-state index contributed by atoms with van der Waals surface area (Å²) in [4.78, 5) is 28.2. The smallest absolute Gasteiger partial charge is 0.417 e. The first-order valence-electron chi connectivity index (χ1n) is 9.37. The Morgan fingerprint density at radius 3 is 2.39 bits per heavy atom. The number of carbonyl (C=O) groups excluding carboxylic acids is 2. The predicted octanol–water partition coefficient (Wildman–Crippen LogP) is 4.41. The lowest BCUT2D eigenvalue weighted by Crippen LogP contribution is -2.14. The molecular formula is C21H19F3N4O3. The van der Waals surface area contributed by atoms with Crippen LogP contribution in [-0.2, 0) is 10.9 Å². The summed E-state index contributed by atoms with van der Waals surface area (Å²) >= 11 is 0. The van der Waals surface area contributed by atoms with E-state index in [9.17, 15) is 22.8 Å². The van der Waals surface area contributed by atoms with E-state index in [0.29, 0.717) is 29.7 Å². The van der Waals surface area contributed by atoms with Crippen molar-refractivity contribution in [2.24, 2.45) is 0 Å². The molecule has 0 aliphatic carbocycles. The number of amides is 1. The molecule has 0 spiro atoms. The van der Waals surface area contributed by atoms with Gasteiger partial charge in [-0.15, -0.1) is 0 Å². The molecule has 10 heteroatoms. The van der Waals surface area contributed by atoms with E-state index >= 15 is 0 Å². The van der Waals surface area contributed by atoms with Crippen molar-refractivity contribution in [2.45, 2.75) is 26.4 Å². The molecule has 0 aliphatic rings. The van der Waals surface area contributed by atoms with Crippen molar-refractivity contribution >= 4 is 17.6 Å². The van der Waals surface area contributed by atoms with Crippen LogP contribution in [0.3, 0.4) is 0 Å². The molecule has 0 aliphatic heterocycles. The van der Waals surface area contributed by atoms with Crippen LogP contribution in [0.25, 0.3) is 5.82 Å². The van der Waals surface area contributed by atoms with Crippen molar-refractivity contribution in [3.63, 3.8) is 0 Å². The van der Waals surface area contributed by atoms with Crippen LogP contribution >= 0.6 is 0 Å². The van der Waals surface area contributed by atoms with E-state index in [2.05, 4.69) is 15.4 Å². The summed E-state index contributed by atoms with van der Waals surface area (Å²) in [5.74, 6) is -0.752. The summed E-state index contributed by atoms with van der Waals surface area (Å²) in [6.45, 7) is 3.83. The molecule has 2 heterocycles. The Hall–Kier alpha value is -3.69. The van der Waals surface area contributed by atoms with Gasteiger partial charge >= 0.3 is 12.1 Å². The highest BCUT2D eigenvalue weighted by atomic mass is 19.4. The third-order valence-corrected chi connectivity index (χ3v) is 4.36. The van der Waals surface area contributed by atoms with Crippen molar-refractivity contribution in [2.75, 3.05) is 11.9 Å². The van der Waals surface area contributed by atoms with Gasteiger partial charge in [0.2, 0.25) is 0 Å². The first-order chi connectivity index (χ1) is 14.7. The van der Waals surface area contributed by atoms with Gasteiger partial charge in [0.25, 0.3) is 5.91 Å². The van der Waals surface area contributed by atoms with E-state index in [1.807, 2.05) is 6.92 Å². The number of rotatable bonds is 6. The van der Waals surface area contributed by atoms with Gasteiger partial charge < -0.3 is 10.1 Å². The molecule has 1 amide bonds. The number of pyridine rings is 1.